The second-order valence-corrected chi connectivity index (χ2v) is 19.8. The van der Waals surface area contributed by atoms with Crippen molar-refractivity contribution in [1.29, 1.82) is 0 Å². The molecule has 0 saturated carbocycles. The van der Waals surface area contributed by atoms with E-state index in [0.717, 1.165) is 29.5 Å². The molecular weight excluding hydrogens is 855 g/mol. The first-order valence-corrected chi connectivity index (χ1v) is 24.8. The molecule has 10 aromatic rings. The van der Waals surface area contributed by atoms with Gasteiger partial charge in [0.05, 0.1) is 30.9 Å². The fourth-order valence-corrected chi connectivity index (χ4v) is 9.05. The Morgan fingerprint density at radius 2 is 0.486 bits per heavy atom. The van der Waals surface area contributed by atoms with Crippen LogP contribution < -0.4 is 14.2 Å². The first-order chi connectivity index (χ1) is 34.1. The molecule has 348 valence electrons. The molecule has 0 unspecified atom stereocenters. The summed E-state index contributed by atoms with van der Waals surface area (Å²) in [6.45, 7) is 15.1. The molecule has 0 aliphatic rings. The summed E-state index contributed by atoms with van der Waals surface area (Å²) in [5.41, 5.74) is 17.6. The third-order valence-electron chi connectivity index (χ3n) is 12.9. The van der Waals surface area contributed by atoms with Crippen LogP contribution in [0.5, 0.6) is 17.2 Å². The van der Waals surface area contributed by atoms with Crippen LogP contribution in [0.15, 0.2) is 206 Å². The van der Waals surface area contributed by atoms with Gasteiger partial charge in [0.25, 0.3) is 0 Å². The molecule has 4 heteroatoms. The van der Waals surface area contributed by atoms with E-state index in [1.807, 2.05) is 0 Å². The van der Waals surface area contributed by atoms with Gasteiger partial charge in [0.15, 0.2) is 0 Å². The first-order valence-electron chi connectivity index (χ1n) is 24.8. The highest BCUT2D eigenvalue weighted by atomic mass is 16.5. The van der Waals surface area contributed by atoms with E-state index in [1.165, 1.54) is 88.6 Å². The fourth-order valence-electron chi connectivity index (χ4n) is 9.05. The summed E-state index contributed by atoms with van der Waals surface area (Å²) in [6, 6.07) is 74.8. The third-order valence-corrected chi connectivity index (χ3v) is 12.9. The predicted octanol–water partition coefficient (Wildman–Crippen LogP) is 17.9. The third kappa shape index (κ3) is 10.3. The number of rotatable bonds is 16. The van der Waals surface area contributed by atoms with Gasteiger partial charge in [-0.25, -0.2) is 0 Å². The van der Waals surface area contributed by atoms with E-state index in [0.29, 0.717) is 31.0 Å². The molecule has 0 aliphatic heterocycles. The summed E-state index contributed by atoms with van der Waals surface area (Å²) in [4.78, 5) is 0. The van der Waals surface area contributed by atoms with Crippen molar-refractivity contribution in [3.63, 3.8) is 0 Å². The highest BCUT2D eigenvalue weighted by molar-refractivity contribution is 6.11. The summed E-state index contributed by atoms with van der Waals surface area (Å²) in [5, 5.41) is 2.43. The lowest BCUT2D eigenvalue weighted by Crippen LogP contribution is -2.04. The van der Waals surface area contributed by atoms with Gasteiger partial charge in [-0.1, -0.05) is 175 Å². The molecule has 0 atom stereocenters. The molecule has 0 bridgehead atoms. The van der Waals surface area contributed by atoms with Gasteiger partial charge in [-0.3, -0.25) is 0 Å². The molecule has 1 heterocycles. The van der Waals surface area contributed by atoms with Crippen LogP contribution >= 0.6 is 0 Å². The number of ether oxygens (including phenoxy) is 3. The van der Waals surface area contributed by atoms with Crippen LogP contribution in [0, 0.1) is 17.8 Å². The minimum atomic E-state index is 0.486. The van der Waals surface area contributed by atoms with Crippen LogP contribution in [0.2, 0.25) is 0 Å². The maximum Gasteiger partial charge on any atom is 0.119 e. The first kappa shape index (κ1) is 45.9. The van der Waals surface area contributed by atoms with Crippen molar-refractivity contribution in [3.8, 4) is 89.7 Å². The summed E-state index contributed by atoms with van der Waals surface area (Å²) in [6.07, 6.45) is 0. The Morgan fingerprint density at radius 3 is 0.743 bits per heavy atom. The van der Waals surface area contributed by atoms with Gasteiger partial charge in [-0.2, -0.15) is 0 Å². The molecule has 9 aromatic carbocycles. The van der Waals surface area contributed by atoms with E-state index in [2.05, 4.69) is 252 Å². The standard InChI is InChI=1S/C66H61NO3/c1-44(2)41-68-60-31-21-52(22-32-60)48-9-7-47(8-10-48)51-19-29-59(30-20-51)67-65-37-27-57(55-15-11-49(12-16-55)53-23-33-61(34-24-53)69-42-45(3)4)39-63(65)64-40-58(28-38-66(64)67)56-17-13-50(14-18-56)54-25-35-62(36-26-54)70-43-46(5)6/h7-40,44-46H,41-43H2,1-6H3. The van der Waals surface area contributed by atoms with E-state index >= 15 is 0 Å². The maximum atomic E-state index is 5.94. The van der Waals surface area contributed by atoms with Gasteiger partial charge in [0, 0.05) is 16.5 Å². The highest BCUT2D eigenvalue weighted by Gasteiger charge is 2.16. The van der Waals surface area contributed by atoms with E-state index < -0.39 is 0 Å². The number of hydrogen-bond acceptors (Lipinski definition) is 3. The van der Waals surface area contributed by atoms with Crippen LogP contribution in [0.1, 0.15) is 41.5 Å². The smallest absolute Gasteiger partial charge is 0.119 e. The minimum Gasteiger partial charge on any atom is -0.493 e. The second-order valence-electron chi connectivity index (χ2n) is 19.8. The molecule has 10 rings (SSSR count). The monoisotopic (exact) mass is 915 g/mol. The van der Waals surface area contributed by atoms with Crippen molar-refractivity contribution in [2.24, 2.45) is 17.8 Å². The quantitative estimate of drug-likeness (QED) is 0.0968. The molecular formula is C66H61NO3. The topological polar surface area (TPSA) is 32.6 Å². The molecule has 0 N–H and O–H groups in total. The molecule has 4 nitrogen and oxygen atoms in total. The number of hydrogen-bond donors (Lipinski definition) is 0. The lowest BCUT2D eigenvalue weighted by atomic mass is 9.97. The summed E-state index contributed by atoms with van der Waals surface area (Å²) in [7, 11) is 0. The number of nitrogens with zero attached hydrogens (tertiary/aromatic N) is 1. The van der Waals surface area contributed by atoms with Crippen molar-refractivity contribution in [2.75, 3.05) is 19.8 Å². The summed E-state index contributed by atoms with van der Waals surface area (Å²) in [5.74, 6) is 4.18. The van der Waals surface area contributed by atoms with Gasteiger partial charge in [-0.15, -0.1) is 0 Å². The minimum absolute atomic E-state index is 0.486. The van der Waals surface area contributed by atoms with Gasteiger partial charge >= 0.3 is 0 Å². The van der Waals surface area contributed by atoms with Crippen LogP contribution in [-0.2, 0) is 0 Å². The zero-order chi connectivity index (χ0) is 48.1. The van der Waals surface area contributed by atoms with Crippen LogP contribution in [-0.4, -0.2) is 24.4 Å². The van der Waals surface area contributed by atoms with Gasteiger partial charge in [-0.05, 0) is 157 Å². The van der Waals surface area contributed by atoms with Crippen molar-refractivity contribution >= 4 is 21.8 Å². The average Bonchev–Trinajstić information content (AvgIpc) is 3.72. The van der Waals surface area contributed by atoms with Crippen molar-refractivity contribution in [2.45, 2.75) is 41.5 Å². The molecule has 0 amide bonds. The second kappa shape index (κ2) is 20.4. The van der Waals surface area contributed by atoms with E-state index in [1.54, 1.807) is 0 Å². The molecule has 70 heavy (non-hydrogen) atoms. The van der Waals surface area contributed by atoms with Crippen molar-refractivity contribution < 1.29 is 14.2 Å². The molecule has 1 aromatic heterocycles. The lowest BCUT2D eigenvalue weighted by Gasteiger charge is -2.11. The Labute approximate surface area is 413 Å². The largest absolute Gasteiger partial charge is 0.493 e. The SMILES string of the molecule is CC(C)COc1ccc(-c2ccc(-c3ccc(-n4c5ccc(-c6ccc(-c7ccc(OCC(C)C)cc7)cc6)cc5c5cc(-c6ccc(-c7ccc(OCC(C)C)cc7)cc6)ccc54)cc3)cc2)cc1. The number of benzene rings is 9. The van der Waals surface area contributed by atoms with Crippen LogP contribution in [0.3, 0.4) is 0 Å². The van der Waals surface area contributed by atoms with E-state index in [-0.39, 0.29) is 0 Å². The molecule has 0 aliphatic carbocycles. The Hall–Kier alpha value is -7.82. The number of aromatic nitrogens is 1. The van der Waals surface area contributed by atoms with Gasteiger partial charge in [0.2, 0.25) is 0 Å². The molecule has 0 radical (unpaired) electrons. The van der Waals surface area contributed by atoms with E-state index in [4.69, 9.17) is 14.2 Å². The normalized spacial score (nSPS) is 11.6. The van der Waals surface area contributed by atoms with Crippen LogP contribution in [0.25, 0.3) is 94.3 Å². The number of fused-ring (bicyclic) bond motifs is 3. The van der Waals surface area contributed by atoms with E-state index in [9.17, 15) is 0 Å². The van der Waals surface area contributed by atoms with Gasteiger partial charge < -0.3 is 18.8 Å². The Bertz CT molecular complexity index is 3170. The van der Waals surface area contributed by atoms with Crippen LogP contribution in [0.4, 0.5) is 0 Å². The average molecular weight is 916 g/mol. The van der Waals surface area contributed by atoms with Crippen molar-refractivity contribution in [1.82, 2.24) is 4.57 Å². The fraction of sp³-hybridized carbons (Fsp3) is 0.182. The highest BCUT2D eigenvalue weighted by Crippen LogP contribution is 2.39. The molecule has 0 saturated heterocycles. The maximum absolute atomic E-state index is 5.94. The van der Waals surface area contributed by atoms with Crippen molar-refractivity contribution in [3.05, 3.63) is 206 Å². The zero-order valence-corrected chi connectivity index (χ0v) is 41.2. The lowest BCUT2D eigenvalue weighted by molar-refractivity contribution is 0.271. The zero-order valence-electron chi connectivity index (χ0n) is 41.2. The molecule has 0 spiro atoms. The summed E-state index contributed by atoms with van der Waals surface area (Å²) < 4.78 is 20.2. The Morgan fingerprint density at radius 1 is 0.271 bits per heavy atom. The molecule has 0 fully saturated rings. The predicted molar refractivity (Wildman–Crippen MR) is 294 cm³/mol. The summed E-state index contributed by atoms with van der Waals surface area (Å²) >= 11 is 0. The van der Waals surface area contributed by atoms with Gasteiger partial charge in [0.1, 0.15) is 17.2 Å². The Kier molecular flexibility index (Phi) is 13.4. The Balaban J connectivity index is 0.961.